The molecule has 4 heteroatoms. The van der Waals surface area contributed by atoms with Crippen molar-refractivity contribution >= 4 is 29.2 Å². The minimum absolute atomic E-state index is 0.575. The first-order valence-electron chi connectivity index (χ1n) is 6.22. The summed E-state index contributed by atoms with van der Waals surface area (Å²) in [4.78, 5) is 7.12. The van der Waals surface area contributed by atoms with Crippen molar-refractivity contribution in [3.63, 3.8) is 0 Å². The third-order valence-corrected chi connectivity index (χ3v) is 4.34. The summed E-state index contributed by atoms with van der Waals surface area (Å²) < 4.78 is 0. The van der Waals surface area contributed by atoms with Gasteiger partial charge in [0.25, 0.3) is 0 Å². The van der Waals surface area contributed by atoms with Gasteiger partial charge in [0.2, 0.25) is 0 Å². The van der Waals surface area contributed by atoms with Gasteiger partial charge in [-0.25, -0.2) is 4.98 Å². The van der Waals surface area contributed by atoms with E-state index in [1.165, 1.54) is 23.5 Å². The Kier molecular flexibility index (Phi) is 4.99. The number of hydrogen-bond acceptors (Lipinski definition) is 3. The molecule has 0 amide bonds. The molecule has 1 aliphatic rings. The molecular formula is C13H19ClN2S. The maximum Gasteiger partial charge on any atom is 0.129 e. The number of thioether (sulfide) groups is 1. The number of nitrogens with zero attached hydrogens (tertiary/aromatic N) is 2. The molecule has 2 heterocycles. The summed E-state index contributed by atoms with van der Waals surface area (Å²) in [5.41, 5.74) is 2.33. The van der Waals surface area contributed by atoms with Gasteiger partial charge < -0.3 is 4.90 Å². The summed E-state index contributed by atoms with van der Waals surface area (Å²) in [6.45, 7) is 4.36. The van der Waals surface area contributed by atoms with Crippen LogP contribution in [0.2, 0.25) is 0 Å². The molecule has 1 saturated heterocycles. The fourth-order valence-corrected chi connectivity index (χ4v) is 3.07. The van der Waals surface area contributed by atoms with Gasteiger partial charge in [-0.2, -0.15) is 11.8 Å². The van der Waals surface area contributed by atoms with E-state index in [0.717, 1.165) is 31.0 Å². The van der Waals surface area contributed by atoms with E-state index in [-0.39, 0.29) is 0 Å². The molecule has 0 radical (unpaired) electrons. The number of aromatic nitrogens is 1. The molecule has 17 heavy (non-hydrogen) atoms. The third-order valence-electron chi connectivity index (χ3n) is 2.99. The van der Waals surface area contributed by atoms with Crippen LogP contribution >= 0.6 is 23.4 Å². The van der Waals surface area contributed by atoms with Crippen LogP contribution in [-0.2, 0) is 12.3 Å². The molecule has 1 aromatic heterocycles. The molecule has 2 nitrogen and oxygen atoms in total. The number of rotatable bonds is 3. The summed E-state index contributed by atoms with van der Waals surface area (Å²) in [7, 11) is 0. The van der Waals surface area contributed by atoms with Gasteiger partial charge in [-0.1, -0.05) is 6.92 Å². The van der Waals surface area contributed by atoms with Crippen molar-refractivity contribution < 1.29 is 0 Å². The summed E-state index contributed by atoms with van der Waals surface area (Å²) >= 11 is 7.99. The Hall–Kier alpha value is -0.410. The lowest BCUT2D eigenvalue weighted by molar-refractivity contribution is 0.794. The number of halogens is 1. The summed E-state index contributed by atoms with van der Waals surface area (Å²) in [5.74, 6) is 4.16. The lowest BCUT2D eigenvalue weighted by Crippen LogP contribution is -2.26. The van der Waals surface area contributed by atoms with Crippen molar-refractivity contribution in [2.24, 2.45) is 0 Å². The summed E-state index contributed by atoms with van der Waals surface area (Å²) in [6, 6.07) is 4.26. The van der Waals surface area contributed by atoms with E-state index in [1.54, 1.807) is 0 Å². The van der Waals surface area contributed by atoms with Crippen molar-refractivity contribution in [3.05, 3.63) is 23.4 Å². The Balaban J connectivity index is 2.22. The Morgan fingerprint density at radius 2 is 2.24 bits per heavy atom. The van der Waals surface area contributed by atoms with Crippen LogP contribution in [0.3, 0.4) is 0 Å². The second-order valence-electron chi connectivity index (χ2n) is 4.27. The molecule has 2 rings (SSSR count). The van der Waals surface area contributed by atoms with Crippen molar-refractivity contribution in [1.29, 1.82) is 0 Å². The van der Waals surface area contributed by atoms with Crippen LogP contribution in [0, 0.1) is 0 Å². The SMILES string of the molecule is CCc1cc(CCl)cc(N2CCCSCC2)n1. The Morgan fingerprint density at radius 3 is 3.00 bits per heavy atom. The molecule has 0 spiro atoms. The van der Waals surface area contributed by atoms with Crippen LogP contribution in [0.15, 0.2) is 12.1 Å². The van der Waals surface area contributed by atoms with Gasteiger partial charge in [-0.05, 0) is 36.3 Å². The smallest absolute Gasteiger partial charge is 0.129 e. The van der Waals surface area contributed by atoms with Crippen LogP contribution in [0.4, 0.5) is 5.82 Å². The number of aryl methyl sites for hydroxylation is 1. The molecular weight excluding hydrogens is 252 g/mol. The predicted molar refractivity (Wildman–Crippen MR) is 77.3 cm³/mol. The maximum atomic E-state index is 5.95. The van der Waals surface area contributed by atoms with E-state index in [4.69, 9.17) is 16.6 Å². The van der Waals surface area contributed by atoms with E-state index in [1.807, 2.05) is 11.8 Å². The first kappa shape index (κ1) is 13.0. The van der Waals surface area contributed by atoms with Gasteiger partial charge in [-0.3, -0.25) is 0 Å². The largest absolute Gasteiger partial charge is 0.356 e. The zero-order chi connectivity index (χ0) is 12.1. The van der Waals surface area contributed by atoms with Crippen LogP contribution < -0.4 is 4.90 Å². The number of pyridine rings is 1. The molecule has 1 aromatic rings. The summed E-state index contributed by atoms with van der Waals surface area (Å²) in [5, 5.41) is 0. The molecule has 0 aliphatic carbocycles. The molecule has 94 valence electrons. The van der Waals surface area contributed by atoms with Crippen LogP contribution in [0.5, 0.6) is 0 Å². The average molecular weight is 271 g/mol. The number of hydrogen-bond donors (Lipinski definition) is 0. The van der Waals surface area contributed by atoms with Gasteiger partial charge in [0.15, 0.2) is 0 Å². The molecule has 0 N–H and O–H groups in total. The van der Waals surface area contributed by atoms with E-state index < -0.39 is 0 Å². The molecule has 0 atom stereocenters. The molecule has 1 aliphatic heterocycles. The number of alkyl halides is 1. The standard InChI is InChI=1S/C13H19ClN2S/c1-2-12-8-11(10-14)9-13(15-12)16-4-3-6-17-7-5-16/h8-9H,2-7,10H2,1H3. The van der Waals surface area contributed by atoms with Gasteiger partial charge in [0.05, 0.1) is 0 Å². The van der Waals surface area contributed by atoms with Gasteiger partial charge in [0, 0.05) is 30.4 Å². The highest BCUT2D eigenvalue weighted by atomic mass is 35.5. The van der Waals surface area contributed by atoms with E-state index in [0.29, 0.717) is 5.88 Å². The van der Waals surface area contributed by atoms with E-state index in [2.05, 4.69) is 24.0 Å². The Labute approximate surface area is 113 Å². The van der Waals surface area contributed by atoms with Gasteiger partial charge in [0.1, 0.15) is 5.82 Å². The Bertz CT molecular complexity index is 340. The second-order valence-corrected chi connectivity index (χ2v) is 5.76. The van der Waals surface area contributed by atoms with Crippen LogP contribution in [0.1, 0.15) is 24.6 Å². The molecule has 0 bridgehead atoms. The quantitative estimate of drug-likeness (QED) is 0.784. The first-order chi connectivity index (χ1) is 8.33. The second kappa shape index (κ2) is 6.50. The van der Waals surface area contributed by atoms with Crippen LogP contribution in [0.25, 0.3) is 0 Å². The first-order valence-corrected chi connectivity index (χ1v) is 7.91. The zero-order valence-electron chi connectivity index (χ0n) is 10.3. The van der Waals surface area contributed by atoms with E-state index in [9.17, 15) is 0 Å². The third kappa shape index (κ3) is 3.52. The van der Waals surface area contributed by atoms with Crippen molar-refractivity contribution in [1.82, 2.24) is 4.98 Å². The van der Waals surface area contributed by atoms with Gasteiger partial charge >= 0.3 is 0 Å². The molecule has 0 aromatic carbocycles. The fraction of sp³-hybridized carbons (Fsp3) is 0.615. The van der Waals surface area contributed by atoms with Crippen molar-refractivity contribution in [2.75, 3.05) is 29.5 Å². The highest BCUT2D eigenvalue weighted by Gasteiger charge is 2.12. The summed E-state index contributed by atoms with van der Waals surface area (Å²) in [6.07, 6.45) is 2.22. The highest BCUT2D eigenvalue weighted by Crippen LogP contribution is 2.20. The monoisotopic (exact) mass is 270 g/mol. The van der Waals surface area contributed by atoms with Crippen LogP contribution in [-0.4, -0.2) is 29.6 Å². The topological polar surface area (TPSA) is 16.1 Å². The minimum atomic E-state index is 0.575. The zero-order valence-corrected chi connectivity index (χ0v) is 11.9. The predicted octanol–water partition coefficient (Wildman–Crippen LogP) is 3.33. The highest BCUT2D eigenvalue weighted by molar-refractivity contribution is 7.99. The maximum absolute atomic E-state index is 5.95. The van der Waals surface area contributed by atoms with Crippen molar-refractivity contribution in [2.45, 2.75) is 25.6 Å². The fourth-order valence-electron chi connectivity index (χ4n) is 2.03. The van der Waals surface area contributed by atoms with E-state index >= 15 is 0 Å². The van der Waals surface area contributed by atoms with Gasteiger partial charge in [-0.15, -0.1) is 11.6 Å². The number of anilines is 1. The lowest BCUT2D eigenvalue weighted by atomic mass is 10.2. The molecule has 1 fully saturated rings. The Morgan fingerprint density at radius 1 is 1.35 bits per heavy atom. The molecule has 0 unspecified atom stereocenters. The minimum Gasteiger partial charge on any atom is -0.356 e. The molecule has 0 saturated carbocycles. The lowest BCUT2D eigenvalue weighted by Gasteiger charge is -2.22. The van der Waals surface area contributed by atoms with Crippen molar-refractivity contribution in [3.8, 4) is 0 Å². The normalized spacial score (nSPS) is 16.9. The average Bonchev–Trinajstić information content (AvgIpc) is 2.67.